The van der Waals surface area contributed by atoms with Crippen LogP contribution in [0, 0.1) is 0 Å². The molecule has 0 fully saturated rings. The second-order valence-corrected chi connectivity index (χ2v) is 7.18. The number of alkyl halides is 9. The van der Waals surface area contributed by atoms with Crippen LogP contribution in [0.3, 0.4) is 0 Å². The molecule has 0 aliphatic carbocycles. The number of amides is 1. The number of halogens is 11. The van der Waals surface area contributed by atoms with Gasteiger partial charge in [0, 0.05) is 5.02 Å². The molecule has 0 aliphatic rings. The van der Waals surface area contributed by atoms with Crippen LogP contribution in [0.5, 0.6) is 0 Å². The Morgan fingerprint density at radius 1 is 0.933 bits per heavy atom. The summed E-state index contributed by atoms with van der Waals surface area (Å²) >= 11 is 10.5. The minimum atomic E-state index is -6.29. The summed E-state index contributed by atoms with van der Waals surface area (Å²) in [5.41, 5.74) is -6.03. The number of carbonyl (C=O) groups excluding carboxylic acids is 1. The number of nitrogens with one attached hydrogen (secondary N) is 2. The van der Waals surface area contributed by atoms with Crippen molar-refractivity contribution in [2.24, 2.45) is 0 Å². The van der Waals surface area contributed by atoms with Crippen molar-refractivity contribution in [3.63, 3.8) is 0 Å². The molecule has 1 aromatic carbocycles. The van der Waals surface area contributed by atoms with Crippen molar-refractivity contribution < 1.29 is 44.3 Å². The maximum absolute atomic E-state index is 13.5. The van der Waals surface area contributed by atoms with Crippen LogP contribution in [0.2, 0.25) is 10.0 Å². The smallest absolute Gasteiger partial charge is 0.322 e. The summed E-state index contributed by atoms with van der Waals surface area (Å²) in [4.78, 5) is 12.1. The molecule has 5 nitrogen and oxygen atoms in total. The van der Waals surface area contributed by atoms with E-state index >= 15 is 0 Å². The zero-order valence-corrected chi connectivity index (χ0v) is 15.9. The Balaban J connectivity index is 2.53. The molecule has 0 unspecified atom stereocenters. The van der Waals surface area contributed by atoms with E-state index < -0.39 is 62.2 Å². The first-order valence-electron chi connectivity index (χ1n) is 7.08. The molecule has 2 aromatic rings. The summed E-state index contributed by atoms with van der Waals surface area (Å²) in [5.74, 6) is -1.95. The van der Waals surface area contributed by atoms with Crippen LogP contribution in [0.15, 0.2) is 18.2 Å². The van der Waals surface area contributed by atoms with Gasteiger partial charge in [-0.25, -0.2) is 0 Å². The zero-order chi connectivity index (χ0) is 23.1. The van der Waals surface area contributed by atoms with Gasteiger partial charge in [-0.2, -0.15) is 39.5 Å². The van der Waals surface area contributed by atoms with Crippen LogP contribution in [0.25, 0.3) is 0 Å². The minimum absolute atomic E-state index is 0.0684. The fraction of sp³-hybridized carbons (Fsp3) is 0.308. The number of anilines is 1. The molecular formula is C13H5Cl2F9N4OS. The Bertz CT molecular complexity index is 928. The fourth-order valence-electron chi connectivity index (χ4n) is 1.94. The van der Waals surface area contributed by atoms with Crippen LogP contribution >= 0.6 is 34.5 Å². The maximum atomic E-state index is 13.5. The summed E-state index contributed by atoms with van der Waals surface area (Å²) in [6.45, 7) is 0. The first-order valence-corrected chi connectivity index (χ1v) is 8.65. The number of hydrogen-bond donors (Lipinski definition) is 2. The van der Waals surface area contributed by atoms with E-state index in [1.807, 2.05) is 0 Å². The van der Waals surface area contributed by atoms with Gasteiger partial charge in [0.25, 0.3) is 5.91 Å². The largest absolute Gasteiger partial charge is 0.445 e. The third-order valence-corrected chi connectivity index (χ3v) is 4.72. The van der Waals surface area contributed by atoms with E-state index in [0.29, 0.717) is 5.32 Å². The summed E-state index contributed by atoms with van der Waals surface area (Å²) in [7, 11) is 0. The van der Waals surface area contributed by atoms with E-state index in [4.69, 9.17) is 23.2 Å². The lowest BCUT2D eigenvalue weighted by Crippen LogP contribution is -2.72. The van der Waals surface area contributed by atoms with E-state index in [1.165, 1.54) is 0 Å². The summed E-state index contributed by atoms with van der Waals surface area (Å²) in [6, 6.07) is 2.61. The van der Waals surface area contributed by atoms with Gasteiger partial charge in [0.2, 0.25) is 10.1 Å². The summed E-state index contributed by atoms with van der Waals surface area (Å²) in [6.07, 6.45) is -17.7. The standard InChI is InChI=1S/C13H5Cl2F9N4OS/c14-4-1-2-5(6(15)3-4)7(29)25-11(12(19,20)21,13(22,23)24)26-9-28-27-8(30-9)10(16,17)18/h1-3H,(H,25,29)(H,26,28). The average molecular weight is 507 g/mol. The van der Waals surface area contributed by atoms with Crippen LogP contribution in [-0.2, 0) is 6.18 Å². The van der Waals surface area contributed by atoms with Crippen molar-refractivity contribution in [2.75, 3.05) is 5.32 Å². The first-order chi connectivity index (χ1) is 13.5. The summed E-state index contributed by atoms with van der Waals surface area (Å²) in [5, 5.41) is 2.69. The number of nitrogens with zero attached hydrogens (tertiary/aromatic N) is 2. The highest BCUT2D eigenvalue weighted by atomic mass is 35.5. The van der Waals surface area contributed by atoms with E-state index in [1.54, 1.807) is 0 Å². The average Bonchev–Trinajstić information content (AvgIpc) is 3.00. The number of aromatic nitrogens is 2. The number of benzene rings is 1. The molecule has 17 heteroatoms. The minimum Gasteiger partial charge on any atom is -0.322 e. The Kier molecular flexibility index (Phi) is 6.41. The molecule has 0 bridgehead atoms. The number of hydrogen-bond acceptors (Lipinski definition) is 5. The lowest BCUT2D eigenvalue weighted by molar-refractivity contribution is -0.294. The van der Waals surface area contributed by atoms with Crippen LogP contribution in [0.1, 0.15) is 15.4 Å². The molecule has 1 heterocycles. The lowest BCUT2D eigenvalue weighted by Gasteiger charge is -2.38. The summed E-state index contributed by atoms with van der Waals surface area (Å²) < 4.78 is 119. The van der Waals surface area contributed by atoms with E-state index in [0.717, 1.165) is 23.5 Å². The molecule has 0 saturated carbocycles. The van der Waals surface area contributed by atoms with Gasteiger partial charge in [0.05, 0.1) is 10.6 Å². The molecule has 1 aromatic heterocycles. The highest BCUT2D eigenvalue weighted by molar-refractivity contribution is 7.15. The van der Waals surface area contributed by atoms with E-state index in [2.05, 4.69) is 10.2 Å². The Hall–Kier alpha value is -2.00. The Morgan fingerprint density at radius 2 is 1.50 bits per heavy atom. The fourth-order valence-corrected chi connectivity index (χ4v) is 3.10. The SMILES string of the molecule is O=C(NC(Nc1nnc(C(F)(F)F)s1)(C(F)(F)F)C(F)(F)F)c1ccc(Cl)cc1Cl. The first kappa shape index (κ1) is 24.3. The van der Waals surface area contributed by atoms with Gasteiger partial charge >= 0.3 is 24.2 Å². The Morgan fingerprint density at radius 3 is 1.93 bits per heavy atom. The molecule has 0 saturated heterocycles. The van der Waals surface area contributed by atoms with Crippen LogP contribution in [-0.4, -0.2) is 34.1 Å². The molecular weight excluding hydrogens is 502 g/mol. The lowest BCUT2D eigenvalue weighted by atomic mass is 10.1. The zero-order valence-electron chi connectivity index (χ0n) is 13.6. The van der Waals surface area contributed by atoms with Gasteiger partial charge in [0.15, 0.2) is 0 Å². The molecule has 2 N–H and O–H groups in total. The normalized spacial score (nSPS) is 13.3. The number of carbonyl (C=O) groups is 1. The second-order valence-electron chi connectivity index (χ2n) is 5.36. The second kappa shape index (κ2) is 7.92. The monoisotopic (exact) mass is 506 g/mol. The van der Waals surface area contributed by atoms with Crippen LogP contribution < -0.4 is 10.6 Å². The van der Waals surface area contributed by atoms with Gasteiger partial charge in [-0.05, 0) is 18.2 Å². The maximum Gasteiger partial charge on any atom is 0.445 e. The van der Waals surface area contributed by atoms with Crippen molar-refractivity contribution in [1.29, 1.82) is 0 Å². The van der Waals surface area contributed by atoms with Crippen molar-refractivity contribution in [1.82, 2.24) is 15.5 Å². The van der Waals surface area contributed by atoms with Crippen LogP contribution in [0.4, 0.5) is 44.6 Å². The molecule has 1 amide bonds. The van der Waals surface area contributed by atoms with Gasteiger partial charge in [0.1, 0.15) is 0 Å². The molecule has 0 spiro atoms. The van der Waals surface area contributed by atoms with Crippen molar-refractivity contribution in [3.8, 4) is 0 Å². The predicted molar refractivity (Wildman–Crippen MR) is 87.3 cm³/mol. The number of rotatable bonds is 4. The molecule has 2 rings (SSSR count). The van der Waals surface area contributed by atoms with Crippen molar-refractivity contribution >= 4 is 45.6 Å². The highest BCUT2D eigenvalue weighted by Crippen LogP contribution is 2.45. The van der Waals surface area contributed by atoms with Crippen molar-refractivity contribution in [2.45, 2.75) is 24.2 Å². The van der Waals surface area contributed by atoms with Gasteiger partial charge < -0.3 is 10.6 Å². The van der Waals surface area contributed by atoms with Crippen molar-refractivity contribution in [3.05, 3.63) is 38.8 Å². The molecule has 0 radical (unpaired) electrons. The highest BCUT2D eigenvalue weighted by Gasteiger charge is 2.73. The Labute approximate surface area is 174 Å². The third kappa shape index (κ3) is 4.83. The molecule has 30 heavy (non-hydrogen) atoms. The quantitative estimate of drug-likeness (QED) is 0.423. The molecule has 0 aliphatic heterocycles. The molecule has 0 atom stereocenters. The van der Waals surface area contributed by atoms with E-state index in [-0.39, 0.29) is 5.02 Å². The topological polar surface area (TPSA) is 66.9 Å². The van der Waals surface area contributed by atoms with E-state index in [9.17, 15) is 44.3 Å². The molecule has 166 valence electrons. The predicted octanol–water partition coefficient (Wildman–Crippen LogP) is 5.53. The third-order valence-electron chi connectivity index (χ3n) is 3.29. The van der Waals surface area contributed by atoms with Gasteiger partial charge in [-0.3, -0.25) is 4.79 Å². The van der Waals surface area contributed by atoms with Gasteiger partial charge in [-0.15, -0.1) is 10.2 Å². The van der Waals surface area contributed by atoms with Gasteiger partial charge in [-0.1, -0.05) is 34.5 Å².